The van der Waals surface area contributed by atoms with Crippen molar-refractivity contribution in [3.63, 3.8) is 0 Å². The minimum absolute atomic E-state index is 0.167. The Morgan fingerprint density at radius 2 is 1.76 bits per heavy atom. The summed E-state index contributed by atoms with van der Waals surface area (Å²) in [6.45, 7) is 10.0. The van der Waals surface area contributed by atoms with E-state index >= 15 is 0 Å². The van der Waals surface area contributed by atoms with E-state index in [-0.39, 0.29) is 5.41 Å². The molecule has 112 valence electrons. The molecule has 21 heavy (non-hydrogen) atoms. The number of ether oxygens (including phenoxy) is 1. The summed E-state index contributed by atoms with van der Waals surface area (Å²) < 4.78 is 5.80. The third-order valence-corrected chi connectivity index (χ3v) is 3.27. The van der Waals surface area contributed by atoms with Crippen LogP contribution in [0.1, 0.15) is 39.0 Å². The number of nitrogens with zero attached hydrogens (tertiary/aromatic N) is 1. The molecule has 0 fully saturated rings. The SMILES string of the molecule is CCNc1cccc(COc2ccc(C(C)(C)C)cc2)n1. The highest BCUT2D eigenvalue weighted by molar-refractivity contribution is 5.35. The van der Waals surface area contributed by atoms with Gasteiger partial charge < -0.3 is 10.1 Å². The topological polar surface area (TPSA) is 34.1 Å². The number of pyridine rings is 1. The Bertz CT molecular complexity index is 571. The van der Waals surface area contributed by atoms with Gasteiger partial charge in [0.15, 0.2) is 0 Å². The van der Waals surface area contributed by atoms with E-state index in [0.29, 0.717) is 6.61 Å². The summed E-state index contributed by atoms with van der Waals surface area (Å²) in [5.74, 6) is 1.76. The molecule has 0 amide bonds. The summed E-state index contributed by atoms with van der Waals surface area (Å²) in [5.41, 5.74) is 2.40. The van der Waals surface area contributed by atoms with E-state index in [4.69, 9.17) is 4.74 Å². The second-order valence-electron chi connectivity index (χ2n) is 6.11. The molecular formula is C18H24N2O. The highest BCUT2D eigenvalue weighted by Gasteiger charge is 2.12. The van der Waals surface area contributed by atoms with Crippen LogP contribution in [0.25, 0.3) is 0 Å². The molecule has 1 aromatic heterocycles. The second kappa shape index (κ2) is 6.61. The molecule has 0 spiro atoms. The molecule has 0 aliphatic carbocycles. The third kappa shape index (κ3) is 4.48. The van der Waals surface area contributed by atoms with Gasteiger partial charge in [0.1, 0.15) is 18.2 Å². The fraction of sp³-hybridized carbons (Fsp3) is 0.389. The molecule has 3 heteroatoms. The van der Waals surface area contributed by atoms with Gasteiger partial charge in [0.2, 0.25) is 0 Å². The van der Waals surface area contributed by atoms with Gasteiger partial charge in [-0.1, -0.05) is 39.0 Å². The van der Waals surface area contributed by atoms with Crippen molar-refractivity contribution in [2.24, 2.45) is 0 Å². The average molecular weight is 284 g/mol. The standard InChI is InChI=1S/C18H24N2O/c1-5-19-17-8-6-7-15(20-17)13-21-16-11-9-14(10-12-16)18(2,3)4/h6-12H,5,13H2,1-4H3,(H,19,20). The molecule has 0 radical (unpaired) electrons. The Morgan fingerprint density at radius 3 is 2.38 bits per heavy atom. The van der Waals surface area contributed by atoms with Gasteiger partial charge in [-0.25, -0.2) is 4.98 Å². The predicted molar refractivity (Wildman–Crippen MR) is 87.9 cm³/mol. The lowest BCUT2D eigenvalue weighted by Gasteiger charge is -2.19. The number of rotatable bonds is 5. The number of nitrogens with one attached hydrogen (secondary N) is 1. The molecular weight excluding hydrogens is 260 g/mol. The summed E-state index contributed by atoms with van der Waals surface area (Å²) in [6, 6.07) is 14.2. The van der Waals surface area contributed by atoms with E-state index < -0.39 is 0 Å². The molecule has 2 rings (SSSR count). The number of benzene rings is 1. The van der Waals surface area contributed by atoms with Crippen LogP contribution in [0.3, 0.4) is 0 Å². The van der Waals surface area contributed by atoms with Gasteiger partial charge in [0, 0.05) is 6.54 Å². The molecule has 0 aliphatic rings. The van der Waals surface area contributed by atoms with Crippen LogP contribution >= 0.6 is 0 Å². The molecule has 0 atom stereocenters. The van der Waals surface area contributed by atoms with E-state index in [1.807, 2.05) is 30.3 Å². The minimum atomic E-state index is 0.167. The van der Waals surface area contributed by atoms with Crippen molar-refractivity contribution < 1.29 is 4.74 Å². The van der Waals surface area contributed by atoms with Gasteiger partial charge in [-0.2, -0.15) is 0 Å². The molecule has 1 N–H and O–H groups in total. The lowest BCUT2D eigenvalue weighted by molar-refractivity contribution is 0.301. The predicted octanol–water partition coefficient (Wildman–Crippen LogP) is 4.39. The van der Waals surface area contributed by atoms with Crippen molar-refractivity contribution in [3.05, 3.63) is 53.7 Å². The zero-order valence-corrected chi connectivity index (χ0v) is 13.3. The van der Waals surface area contributed by atoms with Crippen molar-refractivity contribution in [3.8, 4) is 5.75 Å². The van der Waals surface area contributed by atoms with Crippen LogP contribution < -0.4 is 10.1 Å². The Hall–Kier alpha value is -2.03. The molecule has 1 heterocycles. The van der Waals surface area contributed by atoms with Gasteiger partial charge >= 0.3 is 0 Å². The van der Waals surface area contributed by atoms with E-state index in [1.54, 1.807) is 0 Å². The van der Waals surface area contributed by atoms with Crippen molar-refractivity contribution in [2.45, 2.75) is 39.7 Å². The third-order valence-electron chi connectivity index (χ3n) is 3.27. The number of anilines is 1. The minimum Gasteiger partial charge on any atom is -0.487 e. The monoisotopic (exact) mass is 284 g/mol. The van der Waals surface area contributed by atoms with Gasteiger partial charge in [0.25, 0.3) is 0 Å². The largest absolute Gasteiger partial charge is 0.487 e. The maximum Gasteiger partial charge on any atom is 0.130 e. The molecule has 3 nitrogen and oxygen atoms in total. The number of aromatic nitrogens is 1. The first kappa shape index (κ1) is 15.4. The smallest absolute Gasteiger partial charge is 0.130 e. The van der Waals surface area contributed by atoms with E-state index in [0.717, 1.165) is 23.8 Å². The molecule has 0 bridgehead atoms. The van der Waals surface area contributed by atoms with Crippen LogP contribution in [-0.4, -0.2) is 11.5 Å². The lowest BCUT2D eigenvalue weighted by Crippen LogP contribution is -2.10. The van der Waals surface area contributed by atoms with E-state index in [2.05, 4.69) is 50.1 Å². The average Bonchev–Trinajstić information content (AvgIpc) is 2.45. The second-order valence-corrected chi connectivity index (χ2v) is 6.11. The summed E-state index contributed by atoms with van der Waals surface area (Å²) in [7, 11) is 0. The Morgan fingerprint density at radius 1 is 1.05 bits per heavy atom. The summed E-state index contributed by atoms with van der Waals surface area (Å²) in [5, 5.41) is 3.20. The highest BCUT2D eigenvalue weighted by Crippen LogP contribution is 2.24. The number of hydrogen-bond acceptors (Lipinski definition) is 3. The molecule has 0 unspecified atom stereocenters. The first-order valence-electron chi connectivity index (χ1n) is 7.42. The summed E-state index contributed by atoms with van der Waals surface area (Å²) >= 11 is 0. The zero-order valence-electron chi connectivity index (χ0n) is 13.3. The van der Waals surface area contributed by atoms with Crippen molar-refractivity contribution in [1.29, 1.82) is 0 Å². The van der Waals surface area contributed by atoms with Crippen LogP contribution in [0, 0.1) is 0 Å². The first-order chi connectivity index (χ1) is 9.99. The van der Waals surface area contributed by atoms with E-state index in [1.165, 1.54) is 5.56 Å². The Balaban J connectivity index is 1.98. The van der Waals surface area contributed by atoms with Gasteiger partial charge in [0.05, 0.1) is 5.69 Å². The highest BCUT2D eigenvalue weighted by atomic mass is 16.5. The van der Waals surface area contributed by atoms with Gasteiger partial charge in [-0.3, -0.25) is 0 Å². The quantitative estimate of drug-likeness (QED) is 0.884. The van der Waals surface area contributed by atoms with E-state index in [9.17, 15) is 0 Å². The van der Waals surface area contributed by atoms with Crippen LogP contribution in [0.2, 0.25) is 0 Å². The summed E-state index contributed by atoms with van der Waals surface area (Å²) in [6.07, 6.45) is 0. The first-order valence-corrected chi connectivity index (χ1v) is 7.42. The fourth-order valence-electron chi connectivity index (χ4n) is 2.05. The Kier molecular flexibility index (Phi) is 4.84. The fourth-order valence-corrected chi connectivity index (χ4v) is 2.05. The molecule has 1 aromatic carbocycles. The van der Waals surface area contributed by atoms with Crippen LogP contribution in [0.15, 0.2) is 42.5 Å². The Labute approximate surface area is 127 Å². The number of hydrogen-bond donors (Lipinski definition) is 1. The maximum atomic E-state index is 5.80. The van der Waals surface area contributed by atoms with Crippen molar-refractivity contribution in [1.82, 2.24) is 4.98 Å². The zero-order chi connectivity index (χ0) is 15.3. The van der Waals surface area contributed by atoms with Crippen LogP contribution in [0.5, 0.6) is 5.75 Å². The van der Waals surface area contributed by atoms with Crippen LogP contribution in [0.4, 0.5) is 5.82 Å². The summed E-state index contributed by atoms with van der Waals surface area (Å²) in [4.78, 5) is 4.50. The molecule has 2 aromatic rings. The molecule has 0 aliphatic heterocycles. The molecule has 0 saturated carbocycles. The molecule has 0 saturated heterocycles. The lowest BCUT2D eigenvalue weighted by atomic mass is 9.87. The van der Waals surface area contributed by atoms with Crippen LogP contribution in [-0.2, 0) is 12.0 Å². The van der Waals surface area contributed by atoms with Crippen molar-refractivity contribution in [2.75, 3.05) is 11.9 Å². The maximum absolute atomic E-state index is 5.80. The van der Waals surface area contributed by atoms with Gasteiger partial charge in [-0.05, 0) is 42.2 Å². The van der Waals surface area contributed by atoms with Crippen molar-refractivity contribution >= 4 is 5.82 Å². The normalized spacial score (nSPS) is 11.2. The van der Waals surface area contributed by atoms with Gasteiger partial charge in [-0.15, -0.1) is 0 Å².